The number of pyridine rings is 2. The average Bonchev–Trinajstić information content (AvgIpc) is 2.32. The van der Waals surface area contributed by atoms with Gasteiger partial charge in [0.15, 0.2) is 0 Å². The number of aromatic carboxylic acids is 1. The largest absolute Gasteiger partial charge is 0.478 e. The molecule has 0 amide bonds. The van der Waals surface area contributed by atoms with Crippen LogP contribution in [0.5, 0.6) is 11.5 Å². The second-order valence-corrected chi connectivity index (χ2v) is 3.46. The Morgan fingerprint density at radius 1 is 1.29 bits per heavy atom. The Balaban J connectivity index is 2.28. The predicted molar refractivity (Wildman–Crippen MR) is 60.2 cm³/mol. The Morgan fingerprint density at radius 3 is 2.82 bits per heavy atom. The highest BCUT2D eigenvalue weighted by Crippen LogP contribution is 2.23. The van der Waals surface area contributed by atoms with Gasteiger partial charge in [-0.1, -0.05) is 0 Å². The molecule has 0 fully saturated rings. The molecule has 0 spiro atoms. The molecule has 0 aliphatic carbocycles. The van der Waals surface area contributed by atoms with Gasteiger partial charge < -0.3 is 9.84 Å². The van der Waals surface area contributed by atoms with Gasteiger partial charge in [-0.25, -0.2) is 4.79 Å². The van der Waals surface area contributed by atoms with Crippen LogP contribution in [-0.4, -0.2) is 21.0 Å². The third kappa shape index (κ3) is 2.57. The van der Waals surface area contributed by atoms with Crippen molar-refractivity contribution in [2.24, 2.45) is 0 Å². The Kier molecular flexibility index (Phi) is 3.00. The molecule has 86 valence electrons. The van der Waals surface area contributed by atoms with Gasteiger partial charge >= 0.3 is 5.97 Å². The zero-order valence-corrected chi connectivity index (χ0v) is 9.12. The van der Waals surface area contributed by atoms with Gasteiger partial charge in [0.1, 0.15) is 11.5 Å². The highest BCUT2D eigenvalue weighted by Gasteiger charge is 2.06. The first-order valence-electron chi connectivity index (χ1n) is 4.93. The fourth-order valence-electron chi connectivity index (χ4n) is 1.29. The van der Waals surface area contributed by atoms with Gasteiger partial charge in [-0.05, 0) is 19.1 Å². The summed E-state index contributed by atoms with van der Waals surface area (Å²) in [6.07, 6.45) is 6.02. The topological polar surface area (TPSA) is 72.3 Å². The van der Waals surface area contributed by atoms with Crippen LogP contribution in [0.25, 0.3) is 0 Å². The summed E-state index contributed by atoms with van der Waals surface area (Å²) in [5, 5.41) is 8.82. The molecule has 0 unspecified atom stereocenters. The molecule has 5 nitrogen and oxygen atoms in total. The van der Waals surface area contributed by atoms with E-state index >= 15 is 0 Å². The molecule has 0 bridgehead atoms. The molecule has 0 radical (unpaired) electrons. The number of nitrogens with zero attached hydrogens (tertiary/aromatic N) is 2. The summed E-state index contributed by atoms with van der Waals surface area (Å²) in [6, 6.07) is 3.14. The van der Waals surface area contributed by atoms with E-state index in [-0.39, 0.29) is 5.56 Å². The van der Waals surface area contributed by atoms with Crippen LogP contribution in [0, 0.1) is 6.92 Å². The number of ether oxygens (including phenoxy) is 1. The van der Waals surface area contributed by atoms with Crippen LogP contribution in [0.2, 0.25) is 0 Å². The number of rotatable bonds is 3. The van der Waals surface area contributed by atoms with Crippen LogP contribution in [-0.2, 0) is 0 Å². The maximum atomic E-state index is 10.8. The second-order valence-electron chi connectivity index (χ2n) is 3.46. The van der Waals surface area contributed by atoms with Gasteiger partial charge in [-0.2, -0.15) is 0 Å². The molecule has 2 aromatic rings. The summed E-state index contributed by atoms with van der Waals surface area (Å²) >= 11 is 0. The minimum absolute atomic E-state index is 0.0919. The van der Waals surface area contributed by atoms with Crippen molar-refractivity contribution in [1.29, 1.82) is 0 Å². The molecule has 1 N–H and O–H groups in total. The average molecular weight is 230 g/mol. The smallest absolute Gasteiger partial charge is 0.337 e. The van der Waals surface area contributed by atoms with Crippen LogP contribution < -0.4 is 4.74 Å². The third-order valence-electron chi connectivity index (χ3n) is 2.16. The second kappa shape index (κ2) is 4.61. The van der Waals surface area contributed by atoms with E-state index in [0.717, 1.165) is 5.56 Å². The molecule has 2 heterocycles. The zero-order valence-electron chi connectivity index (χ0n) is 9.12. The van der Waals surface area contributed by atoms with Gasteiger partial charge in [-0.15, -0.1) is 0 Å². The lowest BCUT2D eigenvalue weighted by Crippen LogP contribution is -1.98. The molecule has 17 heavy (non-hydrogen) atoms. The first-order valence-corrected chi connectivity index (χ1v) is 4.93. The molecule has 0 aliphatic heterocycles. The van der Waals surface area contributed by atoms with Crippen LogP contribution >= 0.6 is 0 Å². The summed E-state index contributed by atoms with van der Waals surface area (Å²) in [6.45, 7) is 1.86. The van der Waals surface area contributed by atoms with Crippen molar-refractivity contribution in [3.05, 3.63) is 48.0 Å². The number of aromatic nitrogens is 2. The van der Waals surface area contributed by atoms with Gasteiger partial charge in [-0.3, -0.25) is 9.97 Å². The van der Waals surface area contributed by atoms with E-state index in [4.69, 9.17) is 9.84 Å². The highest BCUT2D eigenvalue weighted by molar-refractivity contribution is 5.87. The Labute approximate surface area is 97.7 Å². The minimum Gasteiger partial charge on any atom is -0.478 e. The number of hydrogen-bond acceptors (Lipinski definition) is 4. The van der Waals surface area contributed by atoms with E-state index in [1.807, 2.05) is 6.92 Å². The van der Waals surface area contributed by atoms with Crippen LogP contribution in [0.15, 0.2) is 36.9 Å². The number of hydrogen-bond donors (Lipinski definition) is 1. The van der Waals surface area contributed by atoms with Crippen molar-refractivity contribution in [3.63, 3.8) is 0 Å². The fourth-order valence-corrected chi connectivity index (χ4v) is 1.29. The highest BCUT2D eigenvalue weighted by atomic mass is 16.5. The van der Waals surface area contributed by atoms with Crippen molar-refractivity contribution in [2.75, 3.05) is 0 Å². The fraction of sp³-hybridized carbons (Fsp3) is 0.0833. The number of aryl methyl sites for hydroxylation is 1. The lowest BCUT2D eigenvalue weighted by atomic mass is 10.2. The van der Waals surface area contributed by atoms with E-state index in [1.54, 1.807) is 18.5 Å². The van der Waals surface area contributed by atoms with Crippen molar-refractivity contribution in [3.8, 4) is 11.5 Å². The zero-order chi connectivity index (χ0) is 12.3. The predicted octanol–water partition coefficient (Wildman–Crippen LogP) is 2.28. The van der Waals surface area contributed by atoms with Crippen molar-refractivity contribution in [1.82, 2.24) is 9.97 Å². The standard InChI is InChI=1S/C12H10N2O3/c1-8-5-13-3-2-11(8)17-10-4-9(12(15)16)6-14-7-10/h2-7H,1H3,(H,15,16). The van der Waals surface area contributed by atoms with E-state index in [2.05, 4.69) is 9.97 Å². The number of carbonyl (C=O) groups is 1. The quantitative estimate of drug-likeness (QED) is 0.875. The molecule has 2 aromatic heterocycles. The Morgan fingerprint density at radius 2 is 2.12 bits per heavy atom. The van der Waals surface area contributed by atoms with E-state index < -0.39 is 5.97 Å². The molecule has 0 aromatic carbocycles. The first-order chi connectivity index (χ1) is 8.16. The van der Waals surface area contributed by atoms with Crippen LogP contribution in [0.1, 0.15) is 15.9 Å². The lowest BCUT2D eigenvalue weighted by molar-refractivity contribution is 0.0696. The molecule has 5 heteroatoms. The van der Waals surface area contributed by atoms with Crippen molar-refractivity contribution in [2.45, 2.75) is 6.92 Å². The molecule has 0 atom stereocenters. The number of carboxylic acids is 1. The molecular formula is C12H10N2O3. The van der Waals surface area contributed by atoms with Gasteiger partial charge in [0.2, 0.25) is 0 Å². The molecule has 0 aliphatic rings. The minimum atomic E-state index is -1.03. The maximum absolute atomic E-state index is 10.8. The molecular weight excluding hydrogens is 220 g/mol. The van der Waals surface area contributed by atoms with E-state index in [0.29, 0.717) is 11.5 Å². The summed E-state index contributed by atoms with van der Waals surface area (Å²) < 4.78 is 5.53. The van der Waals surface area contributed by atoms with Crippen LogP contribution in [0.3, 0.4) is 0 Å². The van der Waals surface area contributed by atoms with Crippen molar-refractivity contribution >= 4 is 5.97 Å². The van der Waals surface area contributed by atoms with Gasteiger partial charge in [0.05, 0.1) is 11.8 Å². The third-order valence-corrected chi connectivity index (χ3v) is 2.16. The van der Waals surface area contributed by atoms with Gasteiger partial charge in [0.25, 0.3) is 0 Å². The summed E-state index contributed by atoms with van der Waals surface area (Å²) in [5.74, 6) is -0.0158. The lowest BCUT2D eigenvalue weighted by Gasteiger charge is -2.07. The van der Waals surface area contributed by atoms with E-state index in [9.17, 15) is 4.79 Å². The van der Waals surface area contributed by atoms with Gasteiger partial charge in [0, 0.05) is 24.2 Å². The van der Waals surface area contributed by atoms with Crippen LogP contribution in [0.4, 0.5) is 0 Å². The first kappa shape index (κ1) is 11.1. The summed E-state index contributed by atoms with van der Waals surface area (Å²) in [7, 11) is 0. The Hall–Kier alpha value is -2.43. The normalized spacial score (nSPS) is 9.94. The summed E-state index contributed by atoms with van der Waals surface area (Å²) in [5.41, 5.74) is 0.961. The number of carboxylic acid groups (broad SMARTS) is 1. The maximum Gasteiger partial charge on any atom is 0.337 e. The van der Waals surface area contributed by atoms with E-state index in [1.165, 1.54) is 18.5 Å². The molecule has 0 saturated heterocycles. The molecule has 2 rings (SSSR count). The monoisotopic (exact) mass is 230 g/mol. The van der Waals surface area contributed by atoms with Crippen molar-refractivity contribution < 1.29 is 14.6 Å². The summed E-state index contributed by atoms with van der Waals surface area (Å²) in [4.78, 5) is 18.5. The SMILES string of the molecule is Cc1cnccc1Oc1cncc(C(=O)O)c1. The Bertz CT molecular complexity index is 555. The molecule has 0 saturated carbocycles.